The molecular weight excluding hydrogens is 314 g/mol. The smallest absolute Gasteiger partial charge is 0.292 e. The highest BCUT2D eigenvalue weighted by molar-refractivity contribution is 5.97. The fourth-order valence-electron chi connectivity index (χ4n) is 2.08. The first-order chi connectivity index (χ1) is 11.5. The summed E-state index contributed by atoms with van der Waals surface area (Å²) in [6.45, 7) is 0.532. The molecule has 24 heavy (non-hydrogen) atoms. The van der Waals surface area contributed by atoms with Crippen LogP contribution in [0.5, 0.6) is 11.5 Å². The first-order valence-corrected chi connectivity index (χ1v) is 7.15. The molecule has 0 aromatic heterocycles. The van der Waals surface area contributed by atoms with Crippen molar-refractivity contribution in [2.45, 2.75) is 0 Å². The third-order valence-electron chi connectivity index (χ3n) is 3.28. The van der Waals surface area contributed by atoms with E-state index in [1.54, 1.807) is 24.3 Å². The Morgan fingerprint density at radius 3 is 2.67 bits per heavy atom. The highest BCUT2D eigenvalue weighted by Crippen LogP contribution is 2.24. The lowest BCUT2D eigenvalue weighted by molar-refractivity contribution is -0.384. The van der Waals surface area contributed by atoms with Gasteiger partial charge in [0.25, 0.3) is 11.6 Å². The number of nitrogens with one attached hydrogen (secondary N) is 2. The van der Waals surface area contributed by atoms with Gasteiger partial charge >= 0.3 is 0 Å². The van der Waals surface area contributed by atoms with E-state index >= 15 is 0 Å². The first-order valence-electron chi connectivity index (χ1n) is 7.15. The molecule has 0 heterocycles. The van der Waals surface area contributed by atoms with Crippen molar-refractivity contribution in [1.82, 2.24) is 5.32 Å². The number of benzene rings is 2. The zero-order valence-electron chi connectivity index (χ0n) is 13.0. The monoisotopic (exact) mass is 331 g/mol. The number of hydrogen-bond donors (Lipinski definition) is 3. The normalized spacial score (nSPS) is 10.0. The minimum atomic E-state index is -0.476. The van der Waals surface area contributed by atoms with E-state index in [0.29, 0.717) is 18.0 Å². The van der Waals surface area contributed by atoms with E-state index in [-0.39, 0.29) is 23.5 Å². The molecule has 2 aromatic carbocycles. The first kappa shape index (κ1) is 17.1. The summed E-state index contributed by atoms with van der Waals surface area (Å²) in [4.78, 5) is 22.4. The predicted molar refractivity (Wildman–Crippen MR) is 88.6 cm³/mol. The number of hydrogen-bond acceptors (Lipinski definition) is 6. The molecule has 0 aliphatic heterocycles. The van der Waals surface area contributed by atoms with Crippen molar-refractivity contribution in [3.8, 4) is 11.5 Å². The van der Waals surface area contributed by atoms with Crippen LogP contribution in [-0.4, -0.2) is 36.1 Å². The molecule has 8 heteroatoms. The lowest BCUT2D eigenvalue weighted by atomic mass is 10.2. The van der Waals surface area contributed by atoms with E-state index in [9.17, 15) is 20.0 Å². The second-order valence-corrected chi connectivity index (χ2v) is 4.84. The van der Waals surface area contributed by atoms with Gasteiger partial charge in [0.05, 0.1) is 17.6 Å². The summed E-state index contributed by atoms with van der Waals surface area (Å²) in [6.07, 6.45) is 0. The highest BCUT2D eigenvalue weighted by Gasteiger charge is 2.13. The van der Waals surface area contributed by atoms with E-state index in [1.165, 1.54) is 25.3 Å². The molecule has 0 saturated heterocycles. The Morgan fingerprint density at radius 1 is 1.25 bits per heavy atom. The summed E-state index contributed by atoms with van der Waals surface area (Å²) in [5, 5.41) is 26.2. The topological polar surface area (TPSA) is 114 Å². The third kappa shape index (κ3) is 4.13. The minimum absolute atomic E-state index is 0.0309. The summed E-state index contributed by atoms with van der Waals surface area (Å²) in [6, 6.07) is 10.6. The Hall–Kier alpha value is -3.29. The summed E-state index contributed by atoms with van der Waals surface area (Å²) >= 11 is 0. The van der Waals surface area contributed by atoms with Crippen LogP contribution >= 0.6 is 0 Å². The minimum Gasteiger partial charge on any atom is -0.507 e. The van der Waals surface area contributed by atoms with E-state index in [1.807, 2.05) is 0 Å². The SMILES string of the molecule is COc1ccc(C(=O)NCCNc2ccccc2[N+](=O)[O-])c(O)c1. The van der Waals surface area contributed by atoms with Crippen LogP contribution in [0.4, 0.5) is 11.4 Å². The van der Waals surface area contributed by atoms with Crippen molar-refractivity contribution in [2.24, 2.45) is 0 Å². The molecule has 0 radical (unpaired) electrons. The maximum atomic E-state index is 12.0. The average Bonchev–Trinajstić information content (AvgIpc) is 2.58. The maximum absolute atomic E-state index is 12.0. The quantitative estimate of drug-likeness (QED) is 0.407. The Kier molecular flexibility index (Phi) is 5.56. The van der Waals surface area contributed by atoms with E-state index in [4.69, 9.17) is 4.74 Å². The second-order valence-electron chi connectivity index (χ2n) is 4.84. The summed E-state index contributed by atoms with van der Waals surface area (Å²) < 4.78 is 4.95. The van der Waals surface area contributed by atoms with Gasteiger partial charge in [0.2, 0.25) is 0 Å². The number of phenols is 1. The average molecular weight is 331 g/mol. The number of rotatable bonds is 7. The van der Waals surface area contributed by atoms with Crippen molar-refractivity contribution < 1.29 is 19.6 Å². The molecule has 0 aliphatic rings. The molecule has 0 saturated carbocycles. The number of anilines is 1. The van der Waals surface area contributed by atoms with E-state index in [0.717, 1.165) is 0 Å². The Morgan fingerprint density at radius 2 is 2.00 bits per heavy atom. The van der Waals surface area contributed by atoms with Crippen LogP contribution < -0.4 is 15.4 Å². The summed E-state index contributed by atoms with van der Waals surface area (Å²) in [5.41, 5.74) is 0.474. The number of carbonyl (C=O) groups is 1. The Labute approximate surface area is 138 Å². The van der Waals surface area contributed by atoms with Gasteiger partial charge in [0.1, 0.15) is 17.2 Å². The fraction of sp³-hybridized carbons (Fsp3) is 0.188. The second kappa shape index (κ2) is 7.82. The predicted octanol–water partition coefficient (Wildman–Crippen LogP) is 2.15. The Balaban J connectivity index is 1.89. The number of methoxy groups -OCH3 is 1. The number of nitro benzene ring substituents is 1. The van der Waals surface area contributed by atoms with Gasteiger partial charge in [-0.3, -0.25) is 14.9 Å². The summed E-state index contributed by atoms with van der Waals surface area (Å²) in [5.74, 6) is -0.180. The van der Waals surface area contributed by atoms with Crippen molar-refractivity contribution in [3.63, 3.8) is 0 Å². The fourth-order valence-corrected chi connectivity index (χ4v) is 2.08. The number of para-hydroxylation sites is 2. The van der Waals surface area contributed by atoms with E-state index in [2.05, 4.69) is 10.6 Å². The lowest BCUT2D eigenvalue weighted by Gasteiger charge is -2.10. The summed E-state index contributed by atoms with van der Waals surface area (Å²) in [7, 11) is 1.46. The number of aromatic hydroxyl groups is 1. The molecule has 1 amide bonds. The molecule has 0 bridgehead atoms. The zero-order chi connectivity index (χ0) is 17.5. The molecule has 0 spiro atoms. The molecule has 0 fully saturated rings. The van der Waals surface area contributed by atoms with Gasteiger partial charge in [-0.2, -0.15) is 0 Å². The molecule has 0 unspecified atom stereocenters. The molecule has 0 aliphatic carbocycles. The number of ether oxygens (including phenoxy) is 1. The Bertz CT molecular complexity index is 748. The number of nitrogens with zero attached hydrogens (tertiary/aromatic N) is 1. The van der Waals surface area contributed by atoms with Gasteiger partial charge in [-0.1, -0.05) is 12.1 Å². The van der Waals surface area contributed by atoms with Crippen LogP contribution in [0, 0.1) is 10.1 Å². The zero-order valence-corrected chi connectivity index (χ0v) is 13.0. The molecule has 0 atom stereocenters. The van der Waals surface area contributed by atoms with Gasteiger partial charge < -0.3 is 20.5 Å². The van der Waals surface area contributed by atoms with Crippen molar-refractivity contribution in [1.29, 1.82) is 0 Å². The standard InChI is InChI=1S/C16H17N3O5/c1-24-11-6-7-12(15(20)10-11)16(21)18-9-8-17-13-4-2-3-5-14(13)19(22)23/h2-7,10,17,20H,8-9H2,1H3,(H,18,21). The van der Waals surface area contributed by atoms with Gasteiger partial charge in [0, 0.05) is 25.2 Å². The number of amides is 1. The van der Waals surface area contributed by atoms with Gasteiger partial charge in [-0.15, -0.1) is 0 Å². The number of carbonyl (C=O) groups excluding carboxylic acids is 1. The number of phenolic OH excluding ortho intramolecular Hbond substituents is 1. The van der Waals surface area contributed by atoms with Crippen molar-refractivity contribution in [3.05, 3.63) is 58.1 Å². The van der Waals surface area contributed by atoms with Crippen LogP contribution in [-0.2, 0) is 0 Å². The van der Waals surface area contributed by atoms with Crippen LogP contribution in [0.1, 0.15) is 10.4 Å². The van der Waals surface area contributed by atoms with Crippen molar-refractivity contribution >= 4 is 17.3 Å². The van der Waals surface area contributed by atoms with Gasteiger partial charge in [0.15, 0.2) is 0 Å². The van der Waals surface area contributed by atoms with Crippen LogP contribution in [0.15, 0.2) is 42.5 Å². The molecule has 8 nitrogen and oxygen atoms in total. The van der Waals surface area contributed by atoms with E-state index < -0.39 is 10.8 Å². The van der Waals surface area contributed by atoms with Crippen LogP contribution in [0.25, 0.3) is 0 Å². The number of nitro groups is 1. The van der Waals surface area contributed by atoms with Crippen LogP contribution in [0.2, 0.25) is 0 Å². The lowest BCUT2D eigenvalue weighted by Crippen LogP contribution is -2.28. The molecule has 126 valence electrons. The third-order valence-corrected chi connectivity index (χ3v) is 3.28. The molecule has 2 rings (SSSR count). The largest absolute Gasteiger partial charge is 0.507 e. The molecular formula is C16H17N3O5. The van der Waals surface area contributed by atoms with Crippen LogP contribution in [0.3, 0.4) is 0 Å². The molecule has 3 N–H and O–H groups in total. The van der Waals surface area contributed by atoms with Gasteiger partial charge in [-0.05, 0) is 18.2 Å². The highest BCUT2D eigenvalue weighted by atomic mass is 16.6. The molecule has 2 aromatic rings. The maximum Gasteiger partial charge on any atom is 0.292 e. The van der Waals surface area contributed by atoms with Gasteiger partial charge in [-0.25, -0.2) is 0 Å². The van der Waals surface area contributed by atoms with Crippen molar-refractivity contribution in [2.75, 3.05) is 25.5 Å².